The maximum absolute atomic E-state index is 12.3. The Morgan fingerprint density at radius 3 is 3.25 bits per heavy atom. The maximum Gasteiger partial charge on any atom is 0.228 e. The Morgan fingerprint density at radius 1 is 1.65 bits per heavy atom. The Hall–Kier alpha value is -1.73. The maximum atomic E-state index is 12.3. The summed E-state index contributed by atoms with van der Waals surface area (Å²) in [4.78, 5) is 19.5. The van der Waals surface area contributed by atoms with Gasteiger partial charge < -0.3 is 9.64 Å². The van der Waals surface area contributed by atoms with E-state index in [4.69, 9.17) is 4.74 Å². The number of aromatic nitrogens is 3. The molecule has 3 heterocycles. The second-order valence-electron chi connectivity index (χ2n) is 4.73. The molecule has 7 heteroatoms. The van der Waals surface area contributed by atoms with Crippen molar-refractivity contribution in [3.63, 3.8) is 0 Å². The van der Waals surface area contributed by atoms with Gasteiger partial charge >= 0.3 is 0 Å². The van der Waals surface area contributed by atoms with Crippen molar-refractivity contribution < 1.29 is 9.53 Å². The topological polar surface area (TPSA) is 71.1 Å². The predicted octanol–water partition coefficient (Wildman–Crippen LogP) is 1.32. The summed E-state index contributed by atoms with van der Waals surface area (Å²) in [7, 11) is 0. The highest BCUT2D eigenvalue weighted by atomic mass is 32.1. The Balaban J connectivity index is 1.64. The molecule has 1 saturated heterocycles. The molecule has 0 spiro atoms. The van der Waals surface area contributed by atoms with E-state index in [9.17, 15) is 4.79 Å². The van der Waals surface area contributed by atoms with Gasteiger partial charge in [0.2, 0.25) is 5.91 Å². The Kier molecular flexibility index (Phi) is 3.79. The van der Waals surface area contributed by atoms with Crippen LogP contribution in [0.5, 0.6) is 0 Å². The van der Waals surface area contributed by atoms with Crippen LogP contribution in [-0.2, 0) is 16.0 Å². The minimum absolute atomic E-state index is 0.132. The van der Waals surface area contributed by atoms with Crippen molar-refractivity contribution in [1.29, 1.82) is 0 Å². The molecule has 1 aliphatic heterocycles. The Bertz CT molecular complexity index is 581. The van der Waals surface area contributed by atoms with E-state index < -0.39 is 0 Å². The molecule has 0 unspecified atom stereocenters. The van der Waals surface area contributed by atoms with Gasteiger partial charge in [-0.2, -0.15) is 5.10 Å². The lowest BCUT2D eigenvalue weighted by Gasteiger charge is -2.31. The van der Waals surface area contributed by atoms with E-state index >= 15 is 0 Å². The molecule has 1 aliphatic rings. The van der Waals surface area contributed by atoms with E-state index in [0.29, 0.717) is 31.9 Å². The van der Waals surface area contributed by atoms with Crippen LogP contribution in [0.4, 0.5) is 0 Å². The lowest BCUT2D eigenvalue weighted by Crippen LogP contribution is -2.43. The number of nitrogens with zero attached hydrogens (tertiary/aromatic N) is 3. The van der Waals surface area contributed by atoms with Gasteiger partial charge in [-0.1, -0.05) is 6.07 Å². The summed E-state index contributed by atoms with van der Waals surface area (Å²) >= 11 is 1.61. The number of morpholine rings is 1. The highest BCUT2D eigenvalue weighted by Gasteiger charge is 2.27. The van der Waals surface area contributed by atoms with Crippen LogP contribution in [-0.4, -0.2) is 45.7 Å². The Labute approximate surface area is 120 Å². The van der Waals surface area contributed by atoms with Crippen LogP contribution in [0.3, 0.4) is 0 Å². The molecule has 1 fully saturated rings. The van der Waals surface area contributed by atoms with E-state index in [1.807, 2.05) is 29.3 Å². The van der Waals surface area contributed by atoms with Crippen LogP contribution in [0.1, 0.15) is 22.6 Å². The second kappa shape index (κ2) is 5.72. The van der Waals surface area contributed by atoms with Gasteiger partial charge in [0.25, 0.3) is 0 Å². The smallest absolute Gasteiger partial charge is 0.228 e. The first kappa shape index (κ1) is 13.3. The van der Waals surface area contributed by atoms with Crippen LogP contribution in [0.2, 0.25) is 0 Å². The SMILES string of the molecule is Cc1nc([C@@H]2CN(C(=O)Cc3cccs3)CCO2)n[nH]1. The number of aryl methyl sites for hydroxylation is 1. The summed E-state index contributed by atoms with van der Waals surface area (Å²) in [6.45, 7) is 3.51. The van der Waals surface area contributed by atoms with E-state index in [1.165, 1.54) is 0 Å². The second-order valence-corrected chi connectivity index (χ2v) is 5.77. The molecular formula is C13H16N4O2S. The van der Waals surface area contributed by atoms with Gasteiger partial charge in [0, 0.05) is 11.4 Å². The first-order valence-corrected chi connectivity index (χ1v) is 7.41. The van der Waals surface area contributed by atoms with Gasteiger partial charge in [-0.3, -0.25) is 9.89 Å². The minimum atomic E-state index is -0.235. The molecule has 1 N–H and O–H groups in total. The van der Waals surface area contributed by atoms with Gasteiger partial charge in [0.05, 0.1) is 19.6 Å². The summed E-state index contributed by atoms with van der Waals surface area (Å²) in [6, 6.07) is 3.95. The number of amides is 1. The molecule has 0 radical (unpaired) electrons. The fourth-order valence-electron chi connectivity index (χ4n) is 2.21. The molecule has 2 aromatic heterocycles. The van der Waals surface area contributed by atoms with Crippen LogP contribution < -0.4 is 0 Å². The minimum Gasteiger partial charge on any atom is -0.366 e. The number of rotatable bonds is 3. The number of H-pyrrole nitrogens is 1. The normalized spacial score (nSPS) is 19.2. The predicted molar refractivity (Wildman–Crippen MR) is 74.4 cm³/mol. The third-order valence-corrected chi connectivity index (χ3v) is 4.10. The van der Waals surface area contributed by atoms with Gasteiger partial charge in [0.15, 0.2) is 5.82 Å². The standard InChI is InChI=1S/C13H16N4O2S/c1-9-14-13(16-15-9)11-8-17(4-5-19-11)12(18)7-10-3-2-6-20-10/h2-3,6,11H,4-5,7-8H2,1H3,(H,14,15,16)/t11-/m0/s1. The quantitative estimate of drug-likeness (QED) is 0.926. The van der Waals surface area contributed by atoms with Gasteiger partial charge in [0.1, 0.15) is 11.9 Å². The molecule has 3 rings (SSSR count). The molecular weight excluding hydrogens is 276 g/mol. The number of hydrogen-bond acceptors (Lipinski definition) is 5. The molecule has 0 bridgehead atoms. The molecule has 20 heavy (non-hydrogen) atoms. The number of carbonyl (C=O) groups excluding carboxylic acids is 1. The first-order valence-electron chi connectivity index (χ1n) is 6.53. The van der Waals surface area contributed by atoms with Crippen LogP contribution in [0.15, 0.2) is 17.5 Å². The van der Waals surface area contributed by atoms with Gasteiger partial charge in [-0.15, -0.1) is 11.3 Å². The molecule has 106 valence electrons. The monoisotopic (exact) mass is 292 g/mol. The molecule has 0 aliphatic carbocycles. The Morgan fingerprint density at radius 2 is 2.55 bits per heavy atom. The number of carbonyl (C=O) groups is 1. The fraction of sp³-hybridized carbons (Fsp3) is 0.462. The summed E-state index contributed by atoms with van der Waals surface area (Å²) in [5, 5.41) is 8.90. The summed E-state index contributed by atoms with van der Waals surface area (Å²) in [5.74, 6) is 1.51. The molecule has 1 amide bonds. The molecule has 0 aromatic carbocycles. The van der Waals surface area contributed by atoms with Crippen LogP contribution in [0.25, 0.3) is 0 Å². The third kappa shape index (κ3) is 2.88. The van der Waals surface area contributed by atoms with Crippen LogP contribution >= 0.6 is 11.3 Å². The van der Waals surface area contributed by atoms with E-state index in [2.05, 4.69) is 15.2 Å². The van der Waals surface area contributed by atoms with Gasteiger partial charge in [-0.05, 0) is 18.4 Å². The first-order chi connectivity index (χ1) is 9.72. The van der Waals surface area contributed by atoms with Crippen molar-refractivity contribution in [1.82, 2.24) is 20.1 Å². The average molecular weight is 292 g/mol. The zero-order valence-electron chi connectivity index (χ0n) is 11.2. The summed E-state index contributed by atoms with van der Waals surface area (Å²) in [5.41, 5.74) is 0. The number of hydrogen-bond donors (Lipinski definition) is 1. The fourth-order valence-corrected chi connectivity index (χ4v) is 2.91. The van der Waals surface area contributed by atoms with Crippen molar-refractivity contribution in [3.05, 3.63) is 34.0 Å². The summed E-state index contributed by atoms with van der Waals surface area (Å²) in [6.07, 6.45) is 0.221. The van der Waals surface area contributed by atoms with Crippen molar-refractivity contribution in [2.45, 2.75) is 19.4 Å². The van der Waals surface area contributed by atoms with Gasteiger partial charge in [-0.25, -0.2) is 4.98 Å². The van der Waals surface area contributed by atoms with E-state index in [1.54, 1.807) is 11.3 Å². The van der Waals surface area contributed by atoms with Crippen LogP contribution in [0, 0.1) is 6.92 Å². The van der Waals surface area contributed by atoms with Crippen molar-refractivity contribution >= 4 is 17.2 Å². The highest BCUT2D eigenvalue weighted by molar-refractivity contribution is 7.10. The highest BCUT2D eigenvalue weighted by Crippen LogP contribution is 2.20. The number of nitrogens with one attached hydrogen (secondary N) is 1. The zero-order valence-corrected chi connectivity index (χ0v) is 12.0. The third-order valence-electron chi connectivity index (χ3n) is 3.23. The number of ether oxygens (including phenoxy) is 1. The number of aromatic amines is 1. The number of thiophene rings is 1. The largest absolute Gasteiger partial charge is 0.366 e. The molecule has 1 atom stereocenters. The van der Waals surface area contributed by atoms with Crippen molar-refractivity contribution in [2.75, 3.05) is 19.7 Å². The molecule has 2 aromatic rings. The lowest BCUT2D eigenvalue weighted by atomic mass is 10.2. The summed E-state index contributed by atoms with van der Waals surface area (Å²) < 4.78 is 5.66. The van der Waals surface area contributed by atoms with Crippen molar-refractivity contribution in [2.24, 2.45) is 0 Å². The zero-order chi connectivity index (χ0) is 13.9. The van der Waals surface area contributed by atoms with E-state index in [-0.39, 0.29) is 12.0 Å². The molecule has 6 nitrogen and oxygen atoms in total. The average Bonchev–Trinajstić information content (AvgIpc) is 3.10. The van der Waals surface area contributed by atoms with E-state index in [0.717, 1.165) is 10.7 Å². The van der Waals surface area contributed by atoms with Crippen molar-refractivity contribution in [3.8, 4) is 0 Å². The lowest BCUT2D eigenvalue weighted by molar-refractivity contribution is -0.138. The molecule has 0 saturated carbocycles.